The summed E-state index contributed by atoms with van der Waals surface area (Å²) in [4.78, 5) is 0. The van der Waals surface area contributed by atoms with Gasteiger partial charge in [0.2, 0.25) is 0 Å². The summed E-state index contributed by atoms with van der Waals surface area (Å²) in [5.41, 5.74) is 4.22. The van der Waals surface area contributed by atoms with Crippen LogP contribution in [-0.2, 0) is 6.42 Å². The van der Waals surface area contributed by atoms with Crippen molar-refractivity contribution < 1.29 is 13.2 Å². The van der Waals surface area contributed by atoms with Gasteiger partial charge < -0.3 is 0 Å². The third kappa shape index (κ3) is 5.89. The number of alkyl halides is 2. The second-order valence-corrected chi connectivity index (χ2v) is 9.83. The van der Waals surface area contributed by atoms with E-state index in [1.165, 1.54) is 44.1 Å². The fourth-order valence-corrected chi connectivity index (χ4v) is 5.55. The summed E-state index contributed by atoms with van der Waals surface area (Å²) in [6, 6.07) is 19.5. The summed E-state index contributed by atoms with van der Waals surface area (Å²) in [7, 11) is 0. The Morgan fingerprint density at radius 1 is 0.857 bits per heavy atom. The maximum atomic E-state index is 15.1. The minimum Gasteiger partial charge on any atom is -0.206 e. The third-order valence-corrected chi connectivity index (χ3v) is 7.56. The van der Waals surface area contributed by atoms with E-state index in [9.17, 15) is 8.78 Å². The number of halogens is 3. The van der Waals surface area contributed by atoms with Gasteiger partial charge in [-0.3, -0.25) is 0 Å². The lowest BCUT2D eigenvalue weighted by molar-refractivity contribution is 0.145. The second kappa shape index (κ2) is 11.7. The molecule has 4 rings (SSSR count). The summed E-state index contributed by atoms with van der Waals surface area (Å²) in [6.45, 7) is 5.90. The molecule has 1 saturated carbocycles. The molecule has 35 heavy (non-hydrogen) atoms. The quantitative estimate of drug-likeness (QED) is 0.269. The molecule has 3 aromatic carbocycles. The van der Waals surface area contributed by atoms with Crippen LogP contribution in [0.25, 0.3) is 22.3 Å². The van der Waals surface area contributed by atoms with Gasteiger partial charge in [0.1, 0.15) is 5.82 Å². The summed E-state index contributed by atoms with van der Waals surface area (Å²) in [5, 5.41) is 0. The van der Waals surface area contributed by atoms with Crippen molar-refractivity contribution in [3.63, 3.8) is 0 Å². The fraction of sp³-hybridized carbons (Fsp3) is 0.375. The monoisotopic (exact) mass is 476 g/mol. The highest BCUT2D eigenvalue weighted by molar-refractivity contribution is 5.71. The van der Waals surface area contributed by atoms with Crippen LogP contribution in [0, 0.1) is 11.7 Å². The number of hydrogen-bond donors (Lipinski definition) is 0. The SMILES string of the molecule is C=CCCc1ccc(-c2ccc(-c3ccc(C4CCC(CCC)CC4)cc3)cc2)c(F)c1C(F)F. The van der Waals surface area contributed by atoms with E-state index in [0.29, 0.717) is 29.9 Å². The van der Waals surface area contributed by atoms with E-state index >= 15 is 4.39 Å². The van der Waals surface area contributed by atoms with E-state index in [1.54, 1.807) is 18.2 Å². The predicted molar refractivity (Wildman–Crippen MR) is 140 cm³/mol. The van der Waals surface area contributed by atoms with Crippen LogP contribution in [0.2, 0.25) is 0 Å². The smallest absolute Gasteiger partial charge is 0.206 e. The Hall–Kier alpha value is -2.81. The van der Waals surface area contributed by atoms with Crippen molar-refractivity contribution in [2.24, 2.45) is 5.92 Å². The molecular formula is C32H35F3. The molecule has 3 aromatic rings. The molecule has 0 spiro atoms. The Balaban J connectivity index is 1.49. The van der Waals surface area contributed by atoms with E-state index in [4.69, 9.17) is 0 Å². The molecule has 1 fully saturated rings. The summed E-state index contributed by atoms with van der Waals surface area (Å²) in [5.74, 6) is 0.729. The van der Waals surface area contributed by atoms with Gasteiger partial charge >= 0.3 is 0 Å². The minimum atomic E-state index is -2.85. The molecule has 0 atom stereocenters. The lowest BCUT2D eigenvalue weighted by Gasteiger charge is -2.28. The topological polar surface area (TPSA) is 0 Å². The molecule has 0 bridgehead atoms. The Morgan fingerprint density at radius 3 is 2.03 bits per heavy atom. The Morgan fingerprint density at radius 2 is 1.46 bits per heavy atom. The predicted octanol–water partition coefficient (Wildman–Crippen LogP) is 10.3. The van der Waals surface area contributed by atoms with Gasteiger partial charge in [-0.2, -0.15) is 0 Å². The third-order valence-electron chi connectivity index (χ3n) is 7.56. The van der Waals surface area contributed by atoms with Gasteiger partial charge in [-0.1, -0.05) is 86.5 Å². The largest absolute Gasteiger partial charge is 0.266 e. The standard InChI is InChI=1S/C32H35F3/c1-3-5-7-28-20-21-29(31(33)30(28)32(34)35)27-18-16-26(17-19-27)25-14-12-24(13-15-25)23-10-8-22(6-4-2)9-11-23/h3,12-23,32H,1,4-11H2,2H3. The zero-order chi connectivity index (χ0) is 24.8. The van der Waals surface area contributed by atoms with Crippen LogP contribution < -0.4 is 0 Å². The molecule has 0 nitrogen and oxygen atoms in total. The van der Waals surface area contributed by atoms with Gasteiger partial charge in [0.25, 0.3) is 6.43 Å². The van der Waals surface area contributed by atoms with Crippen LogP contribution in [-0.4, -0.2) is 0 Å². The molecule has 0 heterocycles. The van der Waals surface area contributed by atoms with Gasteiger partial charge in [0, 0.05) is 5.56 Å². The first kappa shape index (κ1) is 25.3. The van der Waals surface area contributed by atoms with Crippen molar-refractivity contribution in [1.29, 1.82) is 0 Å². The highest BCUT2D eigenvalue weighted by Crippen LogP contribution is 2.38. The number of allylic oxidation sites excluding steroid dienone is 1. The van der Waals surface area contributed by atoms with E-state index in [-0.39, 0.29) is 5.56 Å². The Labute approximate surface area is 207 Å². The van der Waals surface area contributed by atoms with Gasteiger partial charge in [-0.25, -0.2) is 13.2 Å². The van der Waals surface area contributed by atoms with Gasteiger partial charge in [0.05, 0.1) is 5.56 Å². The number of hydrogen-bond acceptors (Lipinski definition) is 0. The van der Waals surface area contributed by atoms with Gasteiger partial charge in [0.15, 0.2) is 0 Å². The highest BCUT2D eigenvalue weighted by atomic mass is 19.3. The van der Waals surface area contributed by atoms with Crippen molar-refractivity contribution >= 4 is 0 Å². The molecule has 0 aromatic heterocycles. The molecule has 3 heteroatoms. The van der Waals surface area contributed by atoms with Crippen LogP contribution in [0.3, 0.4) is 0 Å². The number of benzene rings is 3. The fourth-order valence-electron chi connectivity index (χ4n) is 5.55. The highest BCUT2D eigenvalue weighted by Gasteiger charge is 2.23. The number of aryl methyl sites for hydroxylation is 1. The molecule has 184 valence electrons. The maximum absolute atomic E-state index is 15.1. The molecule has 0 N–H and O–H groups in total. The Bertz CT molecular complexity index is 1100. The zero-order valence-corrected chi connectivity index (χ0v) is 20.6. The molecule has 1 aliphatic carbocycles. The number of rotatable bonds is 9. The van der Waals surface area contributed by atoms with Crippen molar-refractivity contribution in [2.45, 2.75) is 70.6 Å². The van der Waals surface area contributed by atoms with Crippen molar-refractivity contribution in [3.05, 3.63) is 95.8 Å². The van der Waals surface area contributed by atoms with Crippen LogP contribution in [0.1, 0.15) is 80.9 Å². The summed E-state index contributed by atoms with van der Waals surface area (Å²) in [6.07, 6.45) is 7.55. The van der Waals surface area contributed by atoms with Crippen molar-refractivity contribution in [1.82, 2.24) is 0 Å². The van der Waals surface area contributed by atoms with Crippen molar-refractivity contribution in [3.8, 4) is 22.3 Å². The van der Waals surface area contributed by atoms with E-state index in [2.05, 4.69) is 37.8 Å². The summed E-state index contributed by atoms with van der Waals surface area (Å²) >= 11 is 0. The van der Waals surface area contributed by atoms with Crippen LogP contribution >= 0.6 is 0 Å². The van der Waals surface area contributed by atoms with Crippen molar-refractivity contribution in [2.75, 3.05) is 0 Å². The van der Waals surface area contributed by atoms with Crippen LogP contribution in [0.15, 0.2) is 73.3 Å². The molecule has 0 unspecified atom stereocenters. The average Bonchev–Trinajstić information content (AvgIpc) is 2.88. The van der Waals surface area contributed by atoms with Gasteiger partial charge in [-0.15, -0.1) is 6.58 Å². The first-order valence-corrected chi connectivity index (χ1v) is 12.9. The molecule has 0 radical (unpaired) electrons. The minimum absolute atomic E-state index is 0.211. The molecule has 0 amide bonds. The first-order valence-electron chi connectivity index (χ1n) is 12.9. The first-order chi connectivity index (χ1) is 17.0. The summed E-state index contributed by atoms with van der Waals surface area (Å²) < 4.78 is 42.4. The van der Waals surface area contributed by atoms with E-state index in [1.807, 2.05) is 24.3 Å². The molecule has 0 saturated heterocycles. The zero-order valence-electron chi connectivity index (χ0n) is 20.6. The maximum Gasteiger partial charge on any atom is 0.266 e. The molecule has 1 aliphatic rings. The normalized spacial score (nSPS) is 18.1. The lowest BCUT2D eigenvalue weighted by atomic mass is 9.77. The van der Waals surface area contributed by atoms with E-state index in [0.717, 1.165) is 17.0 Å². The lowest BCUT2D eigenvalue weighted by Crippen LogP contribution is -2.13. The van der Waals surface area contributed by atoms with Gasteiger partial charge in [-0.05, 0) is 78.2 Å². The van der Waals surface area contributed by atoms with E-state index < -0.39 is 17.8 Å². The van der Waals surface area contributed by atoms with Crippen LogP contribution in [0.4, 0.5) is 13.2 Å². The van der Waals surface area contributed by atoms with Crippen LogP contribution in [0.5, 0.6) is 0 Å². The molecular weight excluding hydrogens is 441 g/mol. The Kier molecular flexibility index (Phi) is 8.49. The second-order valence-electron chi connectivity index (χ2n) is 9.83. The average molecular weight is 477 g/mol. The molecule has 0 aliphatic heterocycles.